The van der Waals surface area contributed by atoms with Gasteiger partial charge in [0.1, 0.15) is 11.6 Å². The zero-order chi connectivity index (χ0) is 21.4. The molecule has 0 atom stereocenters. The number of imidazole rings is 1. The number of nitrogen functional groups attached to an aromatic ring is 1. The van der Waals surface area contributed by atoms with Crippen LogP contribution in [0.2, 0.25) is 0 Å². The molecule has 10 heteroatoms. The number of anilines is 4. The van der Waals surface area contributed by atoms with Gasteiger partial charge in [0.2, 0.25) is 11.9 Å². The van der Waals surface area contributed by atoms with Crippen molar-refractivity contribution >= 4 is 34.6 Å². The normalized spacial score (nSPS) is 14.2. The lowest BCUT2D eigenvalue weighted by Gasteiger charge is -2.28. The minimum Gasteiger partial charge on any atom is -0.378 e. The van der Waals surface area contributed by atoms with Crippen molar-refractivity contribution in [2.45, 2.75) is 0 Å². The summed E-state index contributed by atoms with van der Waals surface area (Å²) >= 11 is 0. The van der Waals surface area contributed by atoms with E-state index < -0.39 is 5.82 Å². The topological polar surface area (TPSA) is 94.1 Å². The second-order valence-corrected chi connectivity index (χ2v) is 7.06. The van der Waals surface area contributed by atoms with Crippen LogP contribution in [0.4, 0.5) is 32.2 Å². The third kappa shape index (κ3) is 3.73. The smallest absolute Gasteiger partial charge is 0.231 e. The summed E-state index contributed by atoms with van der Waals surface area (Å²) in [4.78, 5) is 15.7. The predicted molar refractivity (Wildman–Crippen MR) is 114 cm³/mol. The Kier molecular flexibility index (Phi) is 4.83. The fraction of sp³-hybridized carbons (Fsp3) is 0.190. The first kappa shape index (κ1) is 19.2. The fourth-order valence-electron chi connectivity index (χ4n) is 3.58. The van der Waals surface area contributed by atoms with Crippen LogP contribution in [0.1, 0.15) is 0 Å². The van der Waals surface area contributed by atoms with Crippen molar-refractivity contribution in [1.82, 2.24) is 19.5 Å². The monoisotopic (exact) mass is 423 g/mol. The number of nitrogens with two attached hydrogens (primary N) is 1. The van der Waals surface area contributed by atoms with Crippen LogP contribution in [0.5, 0.6) is 0 Å². The maximum atomic E-state index is 13.9. The van der Waals surface area contributed by atoms with E-state index in [2.05, 4.69) is 20.3 Å². The summed E-state index contributed by atoms with van der Waals surface area (Å²) in [6.45, 7) is 2.35. The molecule has 2 aromatic heterocycles. The lowest BCUT2D eigenvalue weighted by Crippen LogP contribution is -2.37. The van der Waals surface area contributed by atoms with Crippen LogP contribution in [0.3, 0.4) is 0 Å². The van der Waals surface area contributed by atoms with Gasteiger partial charge in [0.05, 0.1) is 18.9 Å². The van der Waals surface area contributed by atoms with Gasteiger partial charge in [0, 0.05) is 18.8 Å². The van der Waals surface area contributed by atoms with E-state index in [0.717, 1.165) is 0 Å². The highest BCUT2D eigenvalue weighted by molar-refractivity contribution is 5.88. The molecule has 1 fully saturated rings. The summed E-state index contributed by atoms with van der Waals surface area (Å²) in [7, 11) is 0. The Hall–Kier alpha value is -3.79. The van der Waals surface area contributed by atoms with Gasteiger partial charge in [-0.1, -0.05) is 12.1 Å². The molecule has 5 rings (SSSR count). The van der Waals surface area contributed by atoms with Crippen molar-refractivity contribution in [3.8, 4) is 5.69 Å². The second-order valence-electron chi connectivity index (χ2n) is 7.06. The first-order valence-corrected chi connectivity index (χ1v) is 9.76. The van der Waals surface area contributed by atoms with E-state index >= 15 is 0 Å². The Morgan fingerprint density at radius 2 is 1.68 bits per heavy atom. The number of morpholine rings is 1. The summed E-state index contributed by atoms with van der Waals surface area (Å²) < 4.78 is 34.6. The predicted octanol–water partition coefficient (Wildman–Crippen LogP) is 3.26. The largest absolute Gasteiger partial charge is 0.378 e. The number of nitrogens with zero attached hydrogens (tertiary/aromatic N) is 5. The molecule has 8 nitrogen and oxygen atoms in total. The Balaban J connectivity index is 1.69. The molecule has 0 unspecified atom stereocenters. The first-order valence-electron chi connectivity index (χ1n) is 9.76. The summed E-state index contributed by atoms with van der Waals surface area (Å²) in [5, 5.41) is 3.04. The molecule has 2 aromatic carbocycles. The van der Waals surface area contributed by atoms with Crippen LogP contribution in [-0.2, 0) is 4.74 Å². The van der Waals surface area contributed by atoms with Crippen LogP contribution in [0.25, 0.3) is 16.9 Å². The van der Waals surface area contributed by atoms with Gasteiger partial charge < -0.3 is 20.7 Å². The third-order valence-corrected chi connectivity index (χ3v) is 4.97. The van der Waals surface area contributed by atoms with Gasteiger partial charge in [-0.25, -0.2) is 13.8 Å². The van der Waals surface area contributed by atoms with Gasteiger partial charge in [-0.05, 0) is 36.4 Å². The summed E-state index contributed by atoms with van der Waals surface area (Å²) in [5.41, 5.74) is 8.10. The van der Waals surface area contributed by atoms with Crippen molar-refractivity contribution in [3.05, 3.63) is 60.2 Å². The average molecular weight is 423 g/mol. The molecule has 3 heterocycles. The summed E-state index contributed by atoms with van der Waals surface area (Å²) in [6.07, 6.45) is 0. The first-order chi connectivity index (χ1) is 15.1. The highest BCUT2D eigenvalue weighted by atomic mass is 19.1. The lowest BCUT2D eigenvalue weighted by atomic mass is 10.3. The number of nitrogens with one attached hydrogen (secondary N) is 1. The number of hydrogen-bond acceptors (Lipinski definition) is 7. The standard InChI is InChI=1S/C21H19F2N7O/c22-13-3-1-5-15(11-13)25-21-27-18(29-7-9-31-10-8-29)17-19(28-21)30(20(24)26-17)16-6-2-4-14(23)12-16/h1-6,11-12H,7-10H2,(H2,24,26)(H,25,27,28). The maximum absolute atomic E-state index is 13.9. The highest BCUT2D eigenvalue weighted by Gasteiger charge is 2.23. The number of hydrogen-bond donors (Lipinski definition) is 2. The molecule has 3 N–H and O–H groups in total. The molecule has 0 saturated carbocycles. The second kappa shape index (κ2) is 7.80. The molecule has 1 aliphatic rings. The van der Waals surface area contributed by atoms with Crippen LogP contribution < -0.4 is 16.0 Å². The molecule has 0 radical (unpaired) electrons. The van der Waals surface area contributed by atoms with Crippen molar-refractivity contribution in [1.29, 1.82) is 0 Å². The van der Waals surface area contributed by atoms with Gasteiger partial charge in [-0.2, -0.15) is 9.97 Å². The van der Waals surface area contributed by atoms with Gasteiger partial charge in [-0.3, -0.25) is 4.57 Å². The zero-order valence-electron chi connectivity index (χ0n) is 16.4. The van der Waals surface area contributed by atoms with Crippen LogP contribution in [0, 0.1) is 11.6 Å². The highest BCUT2D eigenvalue weighted by Crippen LogP contribution is 2.30. The van der Waals surface area contributed by atoms with Crippen LogP contribution in [-0.4, -0.2) is 45.8 Å². The van der Waals surface area contributed by atoms with E-state index in [1.54, 1.807) is 28.8 Å². The van der Waals surface area contributed by atoms with Gasteiger partial charge in [-0.15, -0.1) is 0 Å². The Labute approximate surface area is 176 Å². The number of benzene rings is 2. The molecule has 31 heavy (non-hydrogen) atoms. The van der Waals surface area contributed by atoms with E-state index in [1.165, 1.54) is 24.3 Å². The molecule has 0 bridgehead atoms. The van der Waals surface area contributed by atoms with Crippen molar-refractivity contribution in [2.75, 3.05) is 42.3 Å². The van der Waals surface area contributed by atoms with Gasteiger partial charge >= 0.3 is 0 Å². The molecule has 0 spiro atoms. The average Bonchev–Trinajstić information content (AvgIpc) is 3.09. The van der Waals surface area contributed by atoms with E-state index in [9.17, 15) is 8.78 Å². The van der Waals surface area contributed by atoms with Crippen molar-refractivity contribution in [2.24, 2.45) is 0 Å². The Bertz CT molecular complexity index is 1250. The van der Waals surface area contributed by atoms with E-state index in [0.29, 0.717) is 54.7 Å². The molecule has 0 aliphatic carbocycles. The molecular weight excluding hydrogens is 404 g/mol. The SMILES string of the molecule is Nc1nc2c(N3CCOCC3)nc(Nc3cccc(F)c3)nc2n1-c1cccc(F)c1. The Morgan fingerprint density at radius 3 is 2.42 bits per heavy atom. The van der Waals surface area contributed by atoms with E-state index in [-0.39, 0.29) is 17.7 Å². The van der Waals surface area contributed by atoms with E-state index in [1.807, 2.05) is 4.90 Å². The third-order valence-electron chi connectivity index (χ3n) is 4.97. The zero-order valence-corrected chi connectivity index (χ0v) is 16.4. The molecule has 1 saturated heterocycles. The molecule has 0 amide bonds. The lowest BCUT2D eigenvalue weighted by molar-refractivity contribution is 0.122. The van der Waals surface area contributed by atoms with Gasteiger partial charge in [0.15, 0.2) is 17.0 Å². The fourth-order valence-corrected chi connectivity index (χ4v) is 3.58. The van der Waals surface area contributed by atoms with Gasteiger partial charge in [0.25, 0.3) is 0 Å². The number of aromatic nitrogens is 4. The van der Waals surface area contributed by atoms with Crippen LogP contribution >= 0.6 is 0 Å². The summed E-state index contributed by atoms with van der Waals surface area (Å²) in [6, 6.07) is 12.0. The molecule has 1 aliphatic heterocycles. The number of rotatable bonds is 4. The molecule has 4 aromatic rings. The number of halogens is 2. The minimum absolute atomic E-state index is 0.160. The quantitative estimate of drug-likeness (QED) is 0.520. The Morgan fingerprint density at radius 1 is 0.935 bits per heavy atom. The number of ether oxygens (including phenoxy) is 1. The molecular formula is C21H19F2N7O. The van der Waals surface area contributed by atoms with Crippen LogP contribution in [0.15, 0.2) is 48.5 Å². The number of fused-ring (bicyclic) bond motifs is 1. The van der Waals surface area contributed by atoms with Crippen molar-refractivity contribution < 1.29 is 13.5 Å². The van der Waals surface area contributed by atoms with Crippen molar-refractivity contribution in [3.63, 3.8) is 0 Å². The van der Waals surface area contributed by atoms with E-state index in [4.69, 9.17) is 10.5 Å². The summed E-state index contributed by atoms with van der Waals surface area (Å²) in [5.74, 6) is 0.200. The minimum atomic E-state index is -0.403. The molecule has 158 valence electrons. The maximum Gasteiger partial charge on any atom is 0.231 e.